The van der Waals surface area contributed by atoms with Gasteiger partial charge in [0.05, 0.1) is 0 Å². The summed E-state index contributed by atoms with van der Waals surface area (Å²) in [7, 11) is 0. The third-order valence-corrected chi connectivity index (χ3v) is 7.38. The van der Waals surface area contributed by atoms with Crippen molar-refractivity contribution in [1.82, 2.24) is 0 Å². The maximum Gasteiger partial charge on any atom is -0.00634 e. The largest absolute Gasteiger partial charge is 0.0999 e. The smallest absolute Gasteiger partial charge is 0.00634 e. The van der Waals surface area contributed by atoms with Crippen LogP contribution in [0.3, 0.4) is 0 Å². The zero-order valence-corrected chi connectivity index (χ0v) is 19.5. The Kier molecular flexibility index (Phi) is 7.75. The lowest BCUT2D eigenvalue weighted by molar-refractivity contribution is 0.286. The van der Waals surface area contributed by atoms with E-state index in [1.165, 1.54) is 77.1 Å². The first-order valence-corrected chi connectivity index (χ1v) is 11.8. The van der Waals surface area contributed by atoms with Gasteiger partial charge < -0.3 is 0 Å². The molecule has 2 aromatic rings. The number of benzene rings is 2. The van der Waals surface area contributed by atoms with Gasteiger partial charge in [0, 0.05) is 0 Å². The van der Waals surface area contributed by atoms with Gasteiger partial charge in [0.25, 0.3) is 0 Å². The molecule has 1 atom stereocenters. The summed E-state index contributed by atoms with van der Waals surface area (Å²) in [4.78, 5) is 0. The van der Waals surface area contributed by atoms with E-state index in [1.54, 1.807) is 0 Å². The van der Waals surface area contributed by atoms with Crippen molar-refractivity contribution in [3.63, 3.8) is 0 Å². The van der Waals surface area contributed by atoms with Crippen LogP contribution in [0.4, 0.5) is 0 Å². The van der Waals surface area contributed by atoms with Crippen molar-refractivity contribution >= 4 is 10.8 Å². The van der Waals surface area contributed by atoms with Crippen LogP contribution in [0.15, 0.2) is 72.9 Å². The maximum atomic E-state index is 4.45. The highest BCUT2D eigenvalue weighted by Gasteiger charge is 2.22. The van der Waals surface area contributed by atoms with Crippen LogP contribution in [-0.2, 0) is 6.42 Å². The number of aryl methyl sites for hydroxylation is 1. The van der Waals surface area contributed by atoms with E-state index in [-0.39, 0.29) is 0 Å². The van der Waals surface area contributed by atoms with Crippen molar-refractivity contribution in [2.75, 3.05) is 0 Å². The summed E-state index contributed by atoms with van der Waals surface area (Å²) < 4.78 is 0. The van der Waals surface area contributed by atoms with Gasteiger partial charge >= 0.3 is 0 Å². The Hall–Kier alpha value is -2.08. The van der Waals surface area contributed by atoms with E-state index in [9.17, 15) is 0 Å². The molecular formula is C30H40. The number of rotatable bonds is 9. The number of hydrogen-bond donors (Lipinski definition) is 0. The Bertz CT molecular complexity index is 905. The van der Waals surface area contributed by atoms with Crippen LogP contribution in [0.1, 0.15) is 69.9 Å². The van der Waals surface area contributed by atoms with Crippen LogP contribution in [-0.4, -0.2) is 0 Å². The number of allylic oxidation sites excluding steroid dienone is 3. The SMILES string of the molecule is C=C(Cc1ccc(C)c2ccccc12)C[C@@H](C)C(=C)CCC1CCC(C(=C)C)CC1. The summed E-state index contributed by atoms with van der Waals surface area (Å²) >= 11 is 0. The minimum atomic E-state index is 0.515. The molecule has 1 fully saturated rings. The average molecular weight is 401 g/mol. The number of hydrogen-bond acceptors (Lipinski definition) is 0. The van der Waals surface area contributed by atoms with E-state index in [2.05, 4.69) is 76.9 Å². The van der Waals surface area contributed by atoms with Crippen molar-refractivity contribution in [1.29, 1.82) is 0 Å². The van der Waals surface area contributed by atoms with E-state index in [4.69, 9.17) is 0 Å². The zero-order valence-electron chi connectivity index (χ0n) is 19.5. The van der Waals surface area contributed by atoms with Gasteiger partial charge in [-0.15, -0.1) is 0 Å². The fourth-order valence-electron chi connectivity index (χ4n) is 5.16. The van der Waals surface area contributed by atoms with Crippen molar-refractivity contribution in [2.45, 2.75) is 72.1 Å². The van der Waals surface area contributed by atoms with E-state index in [1.807, 2.05) is 0 Å². The first-order valence-electron chi connectivity index (χ1n) is 11.8. The molecule has 0 aromatic heterocycles. The minimum Gasteiger partial charge on any atom is -0.0999 e. The van der Waals surface area contributed by atoms with E-state index in [0.29, 0.717) is 5.92 Å². The minimum absolute atomic E-state index is 0.515. The fraction of sp³-hybridized carbons (Fsp3) is 0.467. The molecule has 1 aliphatic carbocycles. The molecule has 0 aliphatic heterocycles. The molecule has 0 bridgehead atoms. The van der Waals surface area contributed by atoms with Gasteiger partial charge in [0.15, 0.2) is 0 Å². The predicted octanol–water partition coefficient (Wildman–Crippen LogP) is 8.99. The molecule has 0 radical (unpaired) electrons. The summed E-state index contributed by atoms with van der Waals surface area (Å²) in [6.07, 6.45) is 9.89. The van der Waals surface area contributed by atoms with Crippen molar-refractivity contribution in [3.8, 4) is 0 Å². The van der Waals surface area contributed by atoms with Gasteiger partial charge in [-0.05, 0) is 105 Å². The van der Waals surface area contributed by atoms with E-state index >= 15 is 0 Å². The van der Waals surface area contributed by atoms with E-state index < -0.39 is 0 Å². The molecule has 0 heteroatoms. The fourth-order valence-corrected chi connectivity index (χ4v) is 5.16. The highest BCUT2D eigenvalue weighted by atomic mass is 14.3. The Morgan fingerprint density at radius 1 is 0.967 bits per heavy atom. The van der Waals surface area contributed by atoms with Crippen LogP contribution in [0.25, 0.3) is 10.8 Å². The molecular weight excluding hydrogens is 360 g/mol. The van der Waals surface area contributed by atoms with Crippen LogP contribution in [0.2, 0.25) is 0 Å². The predicted molar refractivity (Wildman–Crippen MR) is 134 cm³/mol. The van der Waals surface area contributed by atoms with Gasteiger partial charge in [-0.1, -0.05) is 79.8 Å². The third kappa shape index (κ3) is 5.75. The molecule has 0 heterocycles. The lowest BCUT2D eigenvalue weighted by Crippen LogP contribution is -2.15. The Morgan fingerprint density at radius 2 is 1.63 bits per heavy atom. The van der Waals surface area contributed by atoms with Crippen LogP contribution in [0, 0.1) is 24.7 Å². The molecule has 0 unspecified atom stereocenters. The molecule has 1 aliphatic rings. The van der Waals surface area contributed by atoms with E-state index in [0.717, 1.165) is 24.7 Å². The average Bonchev–Trinajstić information content (AvgIpc) is 2.74. The Balaban J connectivity index is 1.48. The van der Waals surface area contributed by atoms with Gasteiger partial charge in [0.2, 0.25) is 0 Å². The molecule has 30 heavy (non-hydrogen) atoms. The molecule has 0 nitrogen and oxygen atoms in total. The topological polar surface area (TPSA) is 0 Å². The summed E-state index contributed by atoms with van der Waals surface area (Å²) in [5, 5.41) is 2.73. The Labute approximate surface area is 184 Å². The maximum absolute atomic E-state index is 4.45. The lowest BCUT2D eigenvalue weighted by Gasteiger charge is -2.29. The van der Waals surface area contributed by atoms with Crippen LogP contribution in [0.5, 0.6) is 0 Å². The number of fused-ring (bicyclic) bond motifs is 1. The normalized spacial score (nSPS) is 20.1. The second-order valence-electron chi connectivity index (χ2n) is 9.88. The quantitative estimate of drug-likeness (QED) is 0.368. The highest BCUT2D eigenvalue weighted by Crippen LogP contribution is 2.36. The van der Waals surface area contributed by atoms with Crippen molar-refractivity contribution in [3.05, 3.63) is 84.0 Å². The van der Waals surface area contributed by atoms with Gasteiger partial charge in [-0.25, -0.2) is 0 Å². The second kappa shape index (κ2) is 10.3. The van der Waals surface area contributed by atoms with Crippen molar-refractivity contribution in [2.24, 2.45) is 17.8 Å². The van der Waals surface area contributed by atoms with Crippen LogP contribution < -0.4 is 0 Å². The summed E-state index contributed by atoms with van der Waals surface area (Å²) in [6.45, 7) is 19.8. The zero-order chi connectivity index (χ0) is 21.7. The Morgan fingerprint density at radius 3 is 2.30 bits per heavy atom. The lowest BCUT2D eigenvalue weighted by atomic mass is 9.76. The van der Waals surface area contributed by atoms with Gasteiger partial charge in [-0.2, -0.15) is 0 Å². The summed E-state index contributed by atoms with van der Waals surface area (Å²) in [5.41, 5.74) is 6.85. The van der Waals surface area contributed by atoms with Gasteiger partial charge in [-0.3, -0.25) is 0 Å². The summed E-state index contributed by atoms with van der Waals surface area (Å²) in [5.74, 6) is 2.16. The molecule has 0 amide bonds. The molecule has 3 rings (SSSR count). The second-order valence-corrected chi connectivity index (χ2v) is 9.88. The van der Waals surface area contributed by atoms with Crippen LogP contribution >= 0.6 is 0 Å². The summed E-state index contributed by atoms with van der Waals surface area (Å²) in [6, 6.07) is 13.3. The molecule has 1 saturated carbocycles. The highest BCUT2D eigenvalue weighted by molar-refractivity contribution is 5.88. The van der Waals surface area contributed by atoms with Gasteiger partial charge in [0.1, 0.15) is 0 Å². The standard InChI is InChI=1S/C30H40/c1-21(2)27-17-14-26(15-18-27)13-11-23(4)25(6)19-22(3)20-28-16-12-24(5)29-9-7-8-10-30(28)29/h7-10,12,16,25-27H,1,3-4,11,13-15,17-20H2,2,5-6H3/t25-,26?,27?/m1/s1. The third-order valence-electron chi connectivity index (χ3n) is 7.38. The molecule has 0 saturated heterocycles. The molecule has 2 aromatic carbocycles. The molecule has 160 valence electrons. The monoisotopic (exact) mass is 400 g/mol. The molecule has 0 spiro atoms. The first-order chi connectivity index (χ1) is 14.3. The first kappa shape index (κ1) is 22.6. The van der Waals surface area contributed by atoms with Crippen molar-refractivity contribution < 1.29 is 0 Å². The molecule has 0 N–H and O–H groups in total.